The van der Waals surface area contributed by atoms with E-state index in [-0.39, 0.29) is 23.5 Å². The molecule has 0 saturated heterocycles. The largest absolute Gasteiger partial charge is 0.390 e. The second-order valence-electron chi connectivity index (χ2n) is 5.22. The van der Waals surface area contributed by atoms with Gasteiger partial charge in [0.15, 0.2) is 0 Å². The number of hydrogen-bond donors (Lipinski definition) is 2. The van der Waals surface area contributed by atoms with E-state index in [4.69, 9.17) is 4.74 Å². The summed E-state index contributed by atoms with van der Waals surface area (Å²) in [7, 11) is 0. The van der Waals surface area contributed by atoms with Crippen LogP contribution in [-0.4, -0.2) is 34.1 Å². The van der Waals surface area contributed by atoms with E-state index in [2.05, 4.69) is 0 Å². The van der Waals surface area contributed by atoms with Gasteiger partial charge in [-0.2, -0.15) is 0 Å². The van der Waals surface area contributed by atoms with Crippen molar-refractivity contribution in [2.45, 2.75) is 44.7 Å². The Bertz CT molecular complexity index is 236. The van der Waals surface area contributed by atoms with Crippen molar-refractivity contribution in [1.29, 1.82) is 0 Å². The van der Waals surface area contributed by atoms with E-state index in [0.29, 0.717) is 0 Å². The second kappa shape index (κ2) is 3.05. The molecule has 0 aromatic heterocycles. The standard InChI is InChI=1S/C11H18O3/c1-11(2,3)14-10-6-4-5-7(10)9(13)8(6)12/h4-10,12-13H,1-3H3. The molecule has 1 fully saturated rings. The molecular weight excluding hydrogens is 180 g/mol. The van der Waals surface area contributed by atoms with Gasteiger partial charge < -0.3 is 14.9 Å². The van der Waals surface area contributed by atoms with E-state index in [1.54, 1.807) is 0 Å². The molecule has 2 bridgehead atoms. The van der Waals surface area contributed by atoms with Crippen LogP contribution >= 0.6 is 0 Å². The molecular formula is C11H18O3. The van der Waals surface area contributed by atoms with Gasteiger partial charge >= 0.3 is 0 Å². The maximum atomic E-state index is 9.67. The lowest BCUT2D eigenvalue weighted by molar-refractivity contribution is -0.0824. The Morgan fingerprint density at radius 3 is 1.79 bits per heavy atom. The first-order chi connectivity index (χ1) is 6.40. The highest BCUT2D eigenvalue weighted by molar-refractivity contribution is 5.20. The van der Waals surface area contributed by atoms with Crippen molar-refractivity contribution in [1.82, 2.24) is 0 Å². The third-order valence-corrected chi connectivity index (χ3v) is 2.94. The molecule has 1 saturated carbocycles. The quantitative estimate of drug-likeness (QED) is 0.610. The number of hydrogen-bond acceptors (Lipinski definition) is 3. The highest BCUT2D eigenvalue weighted by Crippen LogP contribution is 2.43. The van der Waals surface area contributed by atoms with Crippen LogP contribution < -0.4 is 0 Å². The van der Waals surface area contributed by atoms with Gasteiger partial charge in [-0.1, -0.05) is 12.2 Å². The minimum atomic E-state index is -0.655. The van der Waals surface area contributed by atoms with Crippen molar-refractivity contribution in [2.24, 2.45) is 11.8 Å². The van der Waals surface area contributed by atoms with Crippen LogP contribution in [0.4, 0.5) is 0 Å². The average molecular weight is 198 g/mol. The highest BCUT2D eigenvalue weighted by atomic mass is 16.5. The molecule has 0 heterocycles. The maximum absolute atomic E-state index is 9.67. The lowest BCUT2D eigenvalue weighted by atomic mass is 10.0. The number of aliphatic hydroxyl groups is 2. The summed E-state index contributed by atoms with van der Waals surface area (Å²) in [5, 5.41) is 19.3. The summed E-state index contributed by atoms with van der Waals surface area (Å²) in [6.07, 6.45) is 2.55. The number of ether oxygens (including phenoxy) is 1. The van der Waals surface area contributed by atoms with Gasteiger partial charge in [0.05, 0.1) is 23.9 Å². The monoisotopic (exact) mass is 198 g/mol. The van der Waals surface area contributed by atoms with Crippen LogP contribution in [-0.2, 0) is 4.74 Å². The second-order valence-corrected chi connectivity index (χ2v) is 5.22. The highest BCUT2D eigenvalue weighted by Gasteiger charge is 2.52. The van der Waals surface area contributed by atoms with Crippen molar-refractivity contribution in [2.75, 3.05) is 0 Å². The number of rotatable bonds is 1. The lowest BCUT2D eigenvalue weighted by Gasteiger charge is -2.27. The van der Waals surface area contributed by atoms with Crippen LogP contribution in [0.15, 0.2) is 12.2 Å². The van der Waals surface area contributed by atoms with Crippen LogP contribution in [0.1, 0.15) is 20.8 Å². The van der Waals surface area contributed by atoms with Crippen molar-refractivity contribution < 1.29 is 14.9 Å². The van der Waals surface area contributed by atoms with Gasteiger partial charge in [0.25, 0.3) is 0 Å². The van der Waals surface area contributed by atoms with Crippen LogP contribution in [0.3, 0.4) is 0 Å². The summed E-state index contributed by atoms with van der Waals surface area (Å²) in [5.74, 6) is -0.0663. The van der Waals surface area contributed by atoms with Gasteiger partial charge in [-0.3, -0.25) is 0 Å². The first kappa shape index (κ1) is 10.1. The van der Waals surface area contributed by atoms with Crippen molar-refractivity contribution >= 4 is 0 Å². The molecule has 0 aromatic rings. The minimum absolute atomic E-state index is 0.0331. The molecule has 0 spiro atoms. The third kappa shape index (κ3) is 1.49. The molecule has 0 aliphatic heterocycles. The smallest absolute Gasteiger partial charge is 0.0893 e. The molecule has 2 aliphatic carbocycles. The predicted octanol–water partition coefficient (Wildman–Crippen LogP) is 0.708. The summed E-state index contributed by atoms with van der Waals surface area (Å²) >= 11 is 0. The molecule has 3 nitrogen and oxygen atoms in total. The minimum Gasteiger partial charge on any atom is -0.390 e. The fourth-order valence-electron chi connectivity index (χ4n) is 2.37. The van der Waals surface area contributed by atoms with Crippen LogP contribution in [0.5, 0.6) is 0 Å². The van der Waals surface area contributed by atoms with Crippen molar-refractivity contribution in [3.63, 3.8) is 0 Å². The molecule has 0 amide bonds. The first-order valence-corrected chi connectivity index (χ1v) is 5.12. The zero-order chi connectivity index (χ0) is 10.5. The summed E-state index contributed by atoms with van der Waals surface area (Å²) in [6.45, 7) is 5.97. The van der Waals surface area contributed by atoms with E-state index in [1.165, 1.54) is 0 Å². The van der Waals surface area contributed by atoms with Gasteiger partial charge in [0.2, 0.25) is 0 Å². The lowest BCUT2D eigenvalue weighted by Crippen LogP contribution is -2.32. The normalized spacial score (nSPS) is 46.2. The van der Waals surface area contributed by atoms with E-state index >= 15 is 0 Å². The Balaban J connectivity index is 2.11. The Hall–Kier alpha value is -0.380. The maximum Gasteiger partial charge on any atom is 0.0893 e. The van der Waals surface area contributed by atoms with Crippen LogP contribution in [0.2, 0.25) is 0 Å². The molecule has 0 radical (unpaired) electrons. The molecule has 3 heteroatoms. The molecule has 14 heavy (non-hydrogen) atoms. The Morgan fingerprint density at radius 2 is 1.43 bits per heavy atom. The number of fused-ring (bicyclic) bond motifs is 2. The Kier molecular flexibility index (Phi) is 2.21. The predicted molar refractivity (Wildman–Crippen MR) is 52.8 cm³/mol. The molecule has 80 valence electrons. The topological polar surface area (TPSA) is 49.7 Å². The molecule has 4 atom stereocenters. The van der Waals surface area contributed by atoms with Crippen LogP contribution in [0.25, 0.3) is 0 Å². The van der Waals surface area contributed by atoms with Crippen molar-refractivity contribution in [3.05, 3.63) is 12.2 Å². The van der Waals surface area contributed by atoms with E-state index in [0.717, 1.165) is 0 Å². The summed E-state index contributed by atoms with van der Waals surface area (Å²) < 4.78 is 5.84. The molecule has 0 aromatic carbocycles. The van der Waals surface area contributed by atoms with Gasteiger partial charge in [-0.25, -0.2) is 0 Å². The SMILES string of the molecule is CC(C)(C)OC1C2C=CC1C(O)C2O. The number of aliphatic hydroxyl groups excluding tert-OH is 2. The zero-order valence-corrected chi connectivity index (χ0v) is 8.84. The summed E-state index contributed by atoms with van der Waals surface area (Å²) in [4.78, 5) is 0. The van der Waals surface area contributed by atoms with Crippen molar-refractivity contribution in [3.8, 4) is 0 Å². The summed E-state index contributed by atoms with van der Waals surface area (Å²) in [6, 6.07) is 0. The van der Waals surface area contributed by atoms with Gasteiger partial charge in [0.1, 0.15) is 0 Å². The molecule has 2 N–H and O–H groups in total. The molecule has 2 rings (SSSR count). The van der Waals surface area contributed by atoms with Gasteiger partial charge in [0, 0.05) is 11.8 Å². The third-order valence-electron chi connectivity index (χ3n) is 2.94. The average Bonchev–Trinajstić information content (AvgIpc) is 2.49. The fourth-order valence-corrected chi connectivity index (χ4v) is 2.37. The zero-order valence-electron chi connectivity index (χ0n) is 8.84. The van der Waals surface area contributed by atoms with Gasteiger partial charge in [-0.05, 0) is 20.8 Å². The Labute approximate surface area is 84.4 Å². The van der Waals surface area contributed by atoms with E-state index < -0.39 is 12.2 Å². The molecule has 2 aliphatic rings. The summed E-state index contributed by atoms with van der Waals surface area (Å²) in [5.41, 5.74) is -0.225. The van der Waals surface area contributed by atoms with Gasteiger partial charge in [-0.15, -0.1) is 0 Å². The van der Waals surface area contributed by atoms with E-state index in [1.807, 2.05) is 32.9 Å². The fraction of sp³-hybridized carbons (Fsp3) is 0.818. The van der Waals surface area contributed by atoms with Crippen LogP contribution in [0, 0.1) is 11.8 Å². The molecule has 4 unspecified atom stereocenters. The van der Waals surface area contributed by atoms with E-state index in [9.17, 15) is 10.2 Å². The first-order valence-electron chi connectivity index (χ1n) is 5.12. The Morgan fingerprint density at radius 1 is 1.00 bits per heavy atom.